The predicted octanol–water partition coefficient (Wildman–Crippen LogP) is 5.65. The van der Waals surface area contributed by atoms with Gasteiger partial charge in [-0.05, 0) is 68.0 Å². The molecule has 166 valence electrons. The average molecular weight is 429 g/mol. The summed E-state index contributed by atoms with van der Waals surface area (Å²) in [6.45, 7) is 5.84. The van der Waals surface area contributed by atoms with Crippen molar-refractivity contribution in [3.05, 3.63) is 71.8 Å². The Morgan fingerprint density at radius 1 is 1.06 bits per heavy atom. The lowest BCUT2D eigenvalue weighted by Crippen LogP contribution is -2.41. The normalized spacial score (nSPS) is 16.1. The van der Waals surface area contributed by atoms with Crippen LogP contribution in [0.5, 0.6) is 0 Å². The summed E-state index contributed by atoms with van der Waals surface area (Å²) in [7, 11) is 0. The highest BCUT2D eigenvalue weighted by Gasteiger charge is 2.27. The lowest BCUT2D eigenvalue weighted by Gasteiger charge is -2.32. The minimum atomic E-state index is -0.0543. The van der Waals surface area contributed by atoms with Gasteiger partial charge in [-0.1, -0.05) is 49.7 Å². The van der Waals surface area contributed by atoms with Gasteiger partial charge in [-0.25, -0.2) is 0 Å². The molecule has 1 fully saturated rings. The third-order valence-corrected chi connectivity index (χ3v) is 6.23. The SMILES string of the molecule is CCCCc1ccc(NC(=O)C2CCCN(c3ccc(-c4ccccc4C)nn3)C2)cc1. The zero-order valence-corrected chi connectivity index (χ0v) is 19.1. The Morgan fingerprint density at radius 3 is 2.59 bits per heavy atom. The lowest BCUT2D eigenvalue weighted by atomic mass is 9.97. The van der Waals surface area contributed by atoms with Crippen LogP contribution < -0.4 is 10.2 Å². The van der Waals surface area contributed by atoms with Crippen molar-refractivity contribution in [1.82, 2.24) is 10.2 Å². The second-order valence-corrected chi connectivity index (χ2v) is 8.67. The fraction of sp³-hybridized carbons (Fsp3) is 0.370. The standard InChI is InChI=1S/C27H32N4O/c1-3-4-9-21-12-14-23(15-13-21)28-27(32)22-10-7-18-31(19-22)26-17-16-25(29-30-26)24-11-6-5-8-20(24)2/h5-6,8,11-17,22H,3-4,7,9-10,18-19H2,1-2H3,(H,28,32). The monoisotopic (exact) mass is 428 g/mol. The van der Waals surface area contributed by atoms with Crippen molar-refractivity contribution in [3.8, 4) is 11.3 Å². The number of nitrogens with zero attached hydrogens (tertiary/aromatic N) is 3. The van der Waals surface area contributed by atoms with Gasteiger partial charge in [0.15, 0.2) is 5.82 Å². The third-order valence-electron chi connectivity index (χ3n) is 6.23. The summed E-state index contributed by atoms with van der Waals surface area (Å²) in [5.74, 6) is 0.863. The lowest BCUT2D eigenvalue weighted by molar-refractivity contribution is -0.120. The first kappa shape index (κ1) is 22.0. The molecule has 0 saturated carbocycles. The number of hydrogen-bond acceptors (Lipinski definition) is 4. The zero-order valence-electron chi connectivity index (χ0n) is 19.1. The second-order valence-electron chi connectivity index (χ2n) is 8.67. The van der Waals surface area contributed by atoms with Crippen LogP contribution in [0.4, 0.5) is 11.5 Å². The van der Waals surface area contributed by atoms with Gasteiger partial charge in [-0.3, -0.25) is 4.79 Å². The summed E-state index contributed by atoms with van der Waals surface area (Å²) in [6.07, 6.45) is 5.33. The molecule has 2 heterocycles. The summed E-state index contributed by atoms with van der Waals surface area (Å²) >= 11 is 0. The van der Waals surface area contributed by atoms with Crippen molar-refractivity contribution >= 4 is 17.4 Å². The molecule has 3 aromatic rings. The first-order valence-electron chi connectivity index (χ1n) is 11.7. The third kappa shape index (κ3) is 5.34. The minimum Gasteiger partial charge on any atom is -0.354 e. The van der Waals surface area contributed by atoms with Gasteiger partial charge in [-0.2, -0.15) is 0 Å². The van der Waals surface area contributed by atoms with E-state index >= 15 is 0 Å². The van der Waals surface area contributed by atoms with E-state index in [9.17, 15) is 4.79 Å². The van der Waals surface area contributed by atoms with Crippen molar-refractivity contribution < 1.29 is 4.79 Å². The number of rotatable bonds is 7. The predicted molar refractivity (Wildman–Crippen MR) is 131 cm³/mol. The molecule has 1 N–H and O–H groups in total. The molecule has 0 spiro atoms. The van der Waals surface area contributed by atoms with Crippen molar-refractivity contribution in [3.63, 3.8) is 0 Å². The topological polar surface area (TPSA) is 58.1 Å². The zero-order chi connectivity index (χ0) is 22.3. The molecule has 1 aromatic heterocycles. The van der Waals surface area contributed by atoms with Crippen molar-refractivity contribution in [2.45, 2.75) is 46.0 Å². The van der Waals surface area contributed by atoms with Gasteiger partial charge in [0.05, 0.1) is 11.6 Å². The Hall–Kier alpha value is -3.21. The summed E-state index contributed by atoms with van der Waals surface area (Å²) in [6, 6.07) is 20.5. The van der Waals surface area contributed by atoms with Gasteiger partial charge in [0, 0.05) is 24.3 Å². The molecule has 0 radical (unpaired) electrons. The van der Waals surface area contributed by atoms with Crippen molar-refractivity contribution in [2.24, 2.45) is 5.92 Å². The number of benzene rings is 2. The first-order valence-corrected chi connectivity index (χ1v) is 11.7. The molecule has 4 rings (SSSR count). The van der Waals surface area contributed by atoms with E-state index in [1.165, 1.54) is 24.0 Å². The van der Waals surface area contributed by atoms with E-state index in [0.717, 1.165) is 48.6 Å². The number of carbonyl (C=O) groups is 1. The number of carbonyl (C=O) groups excluding carboxylic acids is 1. The Bertz CT molecular complexity index is 1030. The highest BCUT2D eigenvalue weighted by molar-refractivity contribution is 5.93. The number of unbranched alkanes of at least 4 members (excludes halogenated alkanes) is 1. The van der Waals surface area contributed by atoms with E-state index in [2.05, 4.69) is 58.5 Å². The van der Waals surface area contributed by atoms with E-state index in [0.29, 0.717) is 6.54 Å². The van der Waals surface area contributed by atoms with Gasteiger partial charge in [0.1, 0.15) is 0 Å². The molecule has 5 nitrogen and oxygen atoms in total. The van der Waals surface area contributed by atoms with Gasteiger partial charge in [-0.15, -0.1) is 10.2 Å². The molecule has 5 heteroatoms. The van der Waals surface area contributed by atoms with E-state index in [1.54, 1.807) is 0 Å². The Kier molecular flexibility index (Phi) is 7.15. The van der Waals surface area contributed by atoms with Crippen LogP contribution in [0.1, 0.15) is 43.7 Å². The van der Waals surface area contributed by atoms with Crippen LogP contribution in [-0.2, 0) is 11.2 Å². The summed E-state index contributed by atoms with van der Waals surface area (Å²) in [4.78, 5) is 15.1. The molecule has 1 amide bonds. The Labute approximate surface area is 190 Å². The number of nitrogens with one attached hydrogen (secondary N) is 1. The van der Waals surface area contributed by atoms with E-state index in [1.807, 2.05) is 36.4 Å². The number of aryl methyl sites for hydroxylation is 2. The van der Waals surface area contributed by atoms with Gasteiger partial charge in [0.25, 0.3) is 0 Å². The molecule has 1 saturated heterocycles. The highest BCUT2D eigenvalue weighted by Crippen LogP contribution is 2.25. The van der Waals surface area contributed by atoms with Crippen LogP contribution in [-0.4, -0.2) is 29.2 Å². The van der Waals surface area contributed by atoms with Crippen LogP contribution in [0.25, 0.3) is 11.3 Å². The number of anilines is 2. The molecule has 0 bridgehead atoms. The smallest absolute Gasteiger partial charge is 0.229 e. The van der Waals surface area contributed by atoms with E-state index in [4.69, 9.17) is 0 Å². The maximum absolute atomic E-state index is 12.9. The average Bonchev–Trinajstić information content (AvgIpc) is 2.84. The molecule has 2 aromatic carbocycles. The van der Waals surface area contributed by atoms with Gasteiger partial charge >= 0.3 is 0 Å². The molecule has 0 aliphatic carbocycles. The number of aromatic nitrogens is 2. The number of hydrogen-bond donors (Lipinski definition) is 1. The minimum absolute atomic E-state index is 0.0543. The number of amides is 1. The molecule has 1 atom stereocenters. The van der Waals surface area contributed by atoms with Crippen LogP contribution in [0.3, 0.4) is 0 Å². The maximum Gasteiger partial charge on any atom is 0.229 e. The summed E-state index contributed by atoms with van der Waals surface area (Å²) < 4.78 is 0. The summed E-state index contributed by atoms with van der Waals surface area (Å²) in [5, 5.41) is 12.0. The van der Waals surface area contributed by atoms with E-state index < -0.39 is 0 Å². The molecule has 1 aliphatic heterocycles. The van der Waals surface area contributed by atoms with Crippen LogP contribution in [0, 0.1) is 12.8 Å². The quantitative estimate of drug-likeness (QED) is 0.528. The van der Waals surface area contributed by atoms with Gasteiger partial charge < -0.3 is 10.2 Å². The Balaban J connectivity index is 1.37. The second kappa shape index (κ2) is 10.4. The molecule has 1 unspecified atom stereocenters. The Morgan fingerprint density at radius 2 is 1.88 bits per heavy atom. The maximum atomic E-state index is 12.9. The van der Waals surface area contributed by atoms with Crippen molar-refractivity contribution in [1.29, 1.82) is 0 Å². The van der Waals surface area contributed by atoms with Crippen LogP contribution >= 0.6 is 0 Å². The fourth-order valence-electron chi connectivity index (χ4n) is 4.28. The molecule has 1 aliphatic rings. The molecular formula is C27H32N4O. The number of piperidine rings is 1. The summed E-state index contributed by atoms with van der Waals surface area (Å²) in [5.41, 5.74) is 5.35. The fourth-order valence-corrected chi connectivity index (χ4v) is 4.28. The van der Waals surface area contributed by atoms with E-state index in [-0.39, 0.29) is 11.8 Å². The van der Waals surface area contributed by atoms with Crippen LogP contribution in [0.15, 0.2) is 60.7 Å². The largest absolute Gasteiger partial charge is 0.354 e. The van der Waals surface area contributed by atoms with Gasteiger partial charge in [0.2, 0.25) is 5.91 Å². The first-order chi connectivity index (χ1) is 15.6. The van der Waals surface area contributed by atoms with Crippen LogP contribution in [0.2, 0.25) is 0 Å². The highest BCUT2D eigenvalue weighted by atomic mass is 16.1. The molecular weight excluding hydrogens is 396 g/mol. The molecule has 32 heavy (non-hydrogen) atoms. The van der Waals surface area contributed by atoms with Crippen molar-refractivity contribution in [2.75, 3.05) is 23.3 Å².